The Kier molecular flexibility index (Phi) is 5.12. The zero-order valence-electron chi connectivity index (χ0n) is 9.67. The van der Waals surface area contributed by atoms with Gasteiger partial charge in [0.2, 0.25) is 5.88 Å². The number of rotatable bonds is 6. The van der Waals surface area contributed by atoms with E-state index in [1.807, 2.05) is 0 Å². The molecule has 0 saturated carbocycles. The second-order valence-corrected chi connectivity index (χ2v) is 5.19. The minimum Gasteiger partial charge on any atom is -0.470 e. The van der Waals surface area contributed by atoms with Gasteiger partial charge in [0.15, 0.2) is 5.01 Å². The standard InChI is InChI=1S/C10H7BrF3N3O2S/c11-5-2-1-3-6(15-5)18-4-7-16-17-10(20-7)19-9(14)8(12)13/h1-3,8-9H,4H2. The van der Waals surface area contributed by atoms with Gasteiger partial charge in [-0.1, -0.05) is 22.5 Å². The Hall–Kier alpha value is -1.42. The predicted molar refractivity (Wildman–Crippen MR) is 67.7 cm³/mol. The molecule has 10 heteroatoms. The first kappa shape index (κ1) is 15.0. The molecule has 2 heterocycles. The zero-order chi connectivity index (χ0) is 14.5. The third kappa shape index (κ3) is 4.30. The van der Waals surface area contributed by atoms with Crippen molar-refractivity contribution < 1.29 is 22.6 Å². The average molecular weight is 370 g/mol. The highest BCUT2D eigenvalue weighted by atomic mass is 79.9. The van der Waals surface area contributed by atoms with Crippen LogP contribution >= 0.6 is 27.3 Å². The van der Waals surface area contributed by atoms with Crippen LogP contribution in [0.15, 0.2) is 22.8 Å². The van der Waals surface area contributed by atoms with Crippen LogP contribution in [0.5, 0.6) is 11.1 Å². The van der Waals surface area contributed by atoms with Crippen LogP contribution in [0.4, 0.5) is 13.2 Å². The number of hydrogen-bond donors (Lipinski definition) is 0. The van der Waals surface area contributed by atoms with Crippen LogP contribution in [-0.2, 0) is 6.61 Å². The van der Waals surface area contributed by atoms with Gasteiger partial charge in [0.05, 0.1) is 0 Å². The average Bonchev–Trinajstić information content (AvgIpc) is 2.84. The molecule has 20 heavy (non-hydrogen) atoms. The third-order valence-electron chi connectivity index (χ3n) is 1.89. The molecular weight excluding hydrogens is 363 g/mol. The van der Waals surface area contributed by atoms with E-state index in [9.17, 15) is 13.2 Å². The number of hydrogen-bond acceptors (Lipinski definition) is 6. The molecule has 2 aromatic heterocycles. The van der Waals surface area contributed by atoms with Gasteiger partial charge in [0, 0.05) is 6.07 Å². The molecule has 0 fully saturated rings. The Balaban J connectivity index is 1.90. The molecule has 2 aromatic rings. The maximum absolute atomic E-state index is 12.6. The number of ether oxygens (including phenoxy) is 2. The van der Waals surface area contributed by atoms with Gasteiger partial charge < -0.3 is 9.47 Å². The SMILES string of the molecule is FC(F)C(F)Oc1nnc(COc2cccc(Br)n2)s1. The molecule has 5 nitrogen and oxygen atoms in total. The number of nitrogens with zero attached hydrogens (tertiary/aromatic N) is 3. The lowest BCUT2D eigenvalue weighted by atomic mass is 10.5. The van der Waals surface area contributed by atoms with E-state index >= 15 is 0 Å². The normalized spacial score (nSPS) is 12.4. The van der Waals surface area contributed by atoms with Crippen LogP contribution < -0.4 is 9.47 Å². The molecular formula is C10H7BrF3N3O2S. The Morgan fingerprint density at radius 2 is 2.05 bits per heavy atom. The largest absolute Gasteiger partial charge is 0.470 e. The molecule has 0 bridgehead atoms. The molecule has 1 unspecified atom stereocenters. The second kappa shape index (κ2) is 6.84. The molecule has 0 aliphatic rings. The van der Waals surface area contributed by atoms with Gasteiger partial charge in [0.1, 0.15) is 11.2 Å². The molecule has 0 N–H and O–H groups in total. The van der Waals surface area contributed by atoms with E-state index in [4.69, 9.17) is 4.74 Å². The van der Waals surface area contributed by atoms with Crippen molar-refractivity contribution in [3.63, 3.8) is 0 Å². The molecule has 1 atom stereocenters. The summed E-state index contributed by atoms with van der Waals surface area (Å²) in [6.07, 6.45) is -5.95. The van der Waals surface area contributed by atoms with Crippen molar-refractivity contribution >= 4 is 27.3 Å². The van der Waals surface area contributed by atoms with E-state index in [1.165, 1.54) is 0 Å². The monoisotopic (exact) mass is 369 g/mol. The van der Waals surface area contributed by atoms with Gasteiger partial charge >= 0.3 is 12.8 Å². The minimum atomic E-state index is -3.23. The summed E-state index contributed by atoms with van der Waals surface area (Å²) in [5.41, 5.74) is 0. The summed E-state index contributed by atoms with van der Waals surface area (Å²) in [6.45, 7) is 0.0239. The van der Waals surface area contributed by atoms with Crippen molar-refractivity contribution in [3.05, 3.63) is 27.8 Å². The number of halogens is 4. The smallest absolute Gasteiger partial charge is 0.304 e. The van der Waals surface area contributed by atoms with Gasteiger partial charge in [-0.25, -0.2) is 13.8 Å². The number of alkyl halides is 3. The van der Waals surface area contributed by atoms with E-state index < -0.39 is 12.8 Å². The van der Waals surface area contributed by atoms with Crippen LogP contribution in [0.2, 0.25) is 0 Å². The predicted octanol–water partition coefficient (Wildman–Crippen LogP) is 3.21. The first-order chi connectivity index (χ1) is 9.54. The fraction of sp³-hybridized carbons (Fsp3) is 0.300. The van der Waals surface area contributed by atoms with Crippen LogP contribution in [-0.4, -0.2) is 28.0 Å². The second-order valence-electron chi connectivity index (χ2n) is 3.35. The van der Waals surface area contributed by atoms with Crippen molar-refractivity contribution in [2.24, 2.45) is 0 Å². The molecule has 0 aliphatic carbocycles. The maximum Gasteiger partial charge on any atom is 0.304 e. The first-order valence-corrected chi connectivity index (χ1v) is 6.82. The topological polar surface area (TPSA) is 57.1 Å². The van der Waals surface area contributed by atoms with E-state index in [-0.39, 0.29) is 11.8 Å². The van der Waals surface area contributed by atoms with Crippen molar-refractivity contribution in [1.29, 1.82) is 0 Å². The molecule has 0 radical (unpaired) electrons. The van der Waals surface area contributed by atoms with Gasteiger partial charge in [-0.2, -0.15) is 4.39 Å². The molecule has 0 saturated heterocycles. The van der Waals surface area contributed by atoms with E-state index in [0.717, 1.165) is 11.3 Å². The van der Waals surface area contributed by atoms with Crippen LogP contribution in [0, 0.1) is 0 Å². The molecule has 108 valence electrons. The molecule has 2 rings (SSSR count). The van der Waals surface area contributed by atoms with E-state index in [0.29, 0.717) is 15.5 Å². The molecule has 0 amide bonds. The molecule has 0 spiro atoms. The Morgan fingerprint density at radius 1 is 1.25 bits per heavy atom. The summed E-state index contributed by atoms with van der Waals surface area (Å²) < 4.78 is 46.7. The summed E-state index contributed by atoms with van der Waals surface area (Å²) >= 11 is 4.00. The zero-order valence-corrected chi connectivity index (χ0v) is 12.1. The Bertz CT molecular complexity index is 572. The lowest BCUT2D eigenvalue weighted by Crippen LogP contribution is -2.19. The highest BCUT2D eigenvalue weighted by Gasteiger charge is 2.22. The van der Waals surface area contributed by atoms with Gasteiger partial charge in [-0.05, 0) is 22.0 Å². The van der Waals surface area contributed by atoms with Crippen molar-refractivity contribution in [2.75, 3.05) is 0 Å². The van der Waals surface area contributed by atoms with Crippen LogP contribution in [0.1, 0.15) is 5.01 Å². The fourth-order valence-electron chi connectivity index (χ4n) is 1.10. The van der Waals surface area contributed by atoms with E-state index in [2.05, 4.69) is 35.8 Å². The van der Waals surface area contributed by atoms with Crippen LogP contribution in [0.3, 0.4) is 0 Å². The Morgan fingerprint density at radius 3 is 2.75 bits per heavy atom. The first-order valence-electron chi connectivity index (χ1n) is 5.21. The van der Waals surface area contributed by atoms with Crippen molar-refractivity contribution in [2.45, 2.75) is 19.4 Å². The number of pyridine rings is 1. The van der Waals surface area contributed by atoms with Gasteiger partial charge in [0.25, 0.3) is 5.19 Å². The lowest BCUT2D eigenvalue weighted by molar-refractivity contribution is -0.0672. The summed E-state index contributed by atoms with van der Waals surface area (Å²) in [7, 11) is 0. The van der Waals surface area contributed by atoms with E-state index in [1.54, 1.807) is 18.2 Å². The van der Waals surface area contributed by atoms with Crippen LogP contribution in [0.25, 0.3) is 0 Å². The summed E-state index contributed by atoms with van der Waals surface area (Å²) in [5, 5.41) is 7.14. The Labute approximate surface area is 123 Å². The van der Waals surface area contributed by atoms with Crippen molar-refractivity contribution in [1.82, 2.24) is 15.2 Å². The fourth-order valence-corrected chi connectivity index (χ4v) is 2.05. The lowest BCUT2D eigenvalue weighted by Gasteiger charge is -2.05. The highest BCUT2D eigenvalue weighted by Crippen LogP contribution is 2.22. The molecule has 0 aliphatic heterocycles. The maximum atomic E-state index is 12.6. The third-order valence-corrected chi connectivity index (χ3v) is 3.12. The van der Waals surface area contributed by atoms with Crippen molar-refractivity contribution in [3.8, 4) is 11.1 Å². The highest BCUT2D eigenvalue weighted by molar-refractivity contribution is 9.10. The summed E-state index contributed by atoms with van der Waals surface area (Å²) in [5.74, 6) is 0.355. The molecule has 0 aromatic carbocycles. The minimum absolute atomic E-state index is 0.0239. The van der Waals surface area contributed by atoms with Gasteiger partial charge in [-0.15, -0.1) is 5.10 Å². The quantitative estimate of drug-likeness (QED) is 0.731. The number of aromatic nitrogens is 3. The van der Waals surface area contributed by atoms with Gasteiger partial charge in [-0.3, -0.25) is 0 Å². The summed E-state index contributed by atoms with van der Waals surface area (Å²) in [4.78, 5) is 4.03. The summed E-state index contributed by atoms with van der Waals surface area (Å²) in [6, 6.07) is 5.10.